The Labute approximate surface area is 153 Å². The first-order chi connectivity index (χ1) is 12.6. The molecule has 0 bridgehead atoms. The zero-order valence-corrected chi connectivity index (χ0v) is 15.0. The maximum atomic E-state index is 12.5. The average molecular weight is 395 g/mol. The van der Waals surface area contributed by atoms with Crippen LogP contribution in [-0.2, 0) is 17.6 Å². The van der Waals surface area contributed by atoms with Gasteiger partial charge in [-0.1, -0.05) is 0 Å². The number of aryl methyl sites for hydroxylation is 1. The first-order valence-corrected chi connectivity index (χ1v) is 8.66. The van der Waals surface area contributed by atoms with E-state index >= 15 is 0 Å². The van der Waals surface area contributed by atoms with Crippen molar-refractivity contribution in [2.75, 3.05) is 7.11 Å². The number of ketones is 1. The maximum Gasteiger partial charge on any atom is 0.347 e. The van der Waals surface area contributed by atoms with Crippen molar-refractivity contribution in [1.82, 2.24) is 0 Å². The first-order valence-electron chi connectivity index (χ1n) is 7.36. The highest BCUT2D eigenvalue weighted by Crippen LogP contribution is 2.20. The molecule has 0 radical (unpaired) electrons. The molecule has 0 spiro atoms. The fourth-order valence-electron chi connectivity index (χ4n) is 2.25. The summed E-state index contributed by atoms with van der Waals surface area (Å²) in [5.41, 5.74) is 0.186. The fourth-order valence-corrected chi connectivity index (χ4v) is 2.25. The van der Waals surface area contributed by atoms with Crippen LogP contribution in [0.2, 0.25) is 0 Å². The lowest BCUT2D eigenvalue weighted by Gasteiger charge is -2.03. The lowest BCUT2D eigenvalue weighted by Crippen LogP contribution is -2.28. The Morgan fingerprint density at radius 3 is 2.52 bits per heavy atom. The second kappa shape index (κ2) is 8.06. The molecule has 3 rings (SSSR count). The number of halogens is 1. The molecule has 0 saturated carbocycles. The number of fused-ring (bicyclic) bond motifs is 1. The third-order valence-electron chi connectivity index (χ3n) is 3.39. The van der Waals surface area contributed by atoms with E-state index < -0.39 is 16.1 Å². The van der Waals surface area contributed by atoms with Gasteiger partial charge >= 0.3 is 5.63 Å². The topological polar surface area (TPSA) is 118 Å². The second-order valence-electron chi connectivity index (χ2n) is 5.33. The van der Waals surface area contributed by atoms with Crippen LogP contribution >= 0.6 is 0 Å². The number of carbonyl (C=O) groups is 1. The van der Waals surface area contributed by atoms with Gasteiger partial charge in [0.1, 0.15) is 23.9 Å². The number of hydrogen-bond donors (Lipinski definition) is 0. The van der Waals surface area contributed by atoms with Gasteiger partial charge in [0.2, 0.25) is 5.78 Å². The van der Waals surface area contributed by atoms with Crippen LogP contribution in [0.4, 0.5) is 3.89 Å². The van der Waals surface area contributed by atoms with E-state index in [1.54, 1.807) is 47.2 Å². The summed E-state index contributed by atoms with van der Waals surface area (Å²) in [4.78, 5) is 24.6. The summed E-state index contributed by atoms with van der Waals surface area (Å²) >= 11 is 0. The second-order valence-corrected chi connectivity index (χ2v) is 6.12. The minimum Gasteiger partial charge on any atom is -0.722 e. The summed E-state index contributed by atoms with van der Waals surface area (Å²) in [6.45, 7) is 0. The molecule has 0 saturated heterocycles. The van der Waals surface area contributed by atoms with Crippen LogP contribution in [0.1, 0.15) is 15.9 Å². The zero-order valence-electron chi connectivity index (χ0n) is 14.2. The molecular weight excluding hydrogens is 381 g/mol. The lowest BCUT2D eigenvalue weighted by atomic mass is 10.1. The standard InChI is InChI=1S/C17H14NO4.FHO3S/c1-18-7-3-4-12(10-18)16(19)14-8-11-5-6-13(21-2)9-15(11)22-17(14)20;1-5(2,3)4/h3-10H,1-2H3;(H,2,3,4)/q+1;/p-1. The van der Waals surface area contributed by atoms with Crippen LogP contribution in [0, 0.1) is 0 Å². The molecule has 3 aromatic rings. The van der Waals surface area contributed by atoms with Gasteiger partial charge in [-0.15, -0.1) is 3.89 Å². The van der Waals surface area contributed by atoms with E-state index in [9.17, 15) is 13.5 Å². The SMILES string of the molecule is COc1ccc2cc(C(=O)c3ccc[n+](C)c3)c(=O)oc2c1.O=S(=O)([O-])F. The summed E-state index contributed by atoms with van der Waals surface area (Å²) in [6.07, 6.45) is 3.48. The van der Waals surface area contributed by atoms with Crippen LogP contribution < -0.4 is 14.9 Å². The van der Waals surface area contributed by atoms with E-state index in [4.69, 9.17) is 22.1 Å². The zero-order chi connectivity index (χ0) is 20.2. The molecule has 0 amide bonds. The molecule has 0 N–H and O–H groups in total. The summed E-state index contributed by atoms with van der Waals surface area (Å²) in [6, 6.07) is 10.1. The molecule has 0 aliphatic rings. The number of hydrogen-bond acceptors (Lipinski definition) is 7. The molecule has 27 heavy (non-hydrogen) atoms. The number of pyridine rings is 1. The molecule has 0 fully saturated rings. The minimum absolute atomic E-state index is 0.0175. The summed E-state index contributed by atoms with van der Waals surface area (Å²) in [5, 5.41) is 0.670. The van der Waals surface area contributed by atoms with Gasteiger partial charge in [0, 0.05) is 17.5 Å². The predicted octanol–water partition coefficient (Wildman–Crippen LogP) is 1.27. The molecule has 0 aliphatic heterocycles. The highest BCUT2D eigenvalue weighted by molar-refractivity contribution is 7.80. The molecule has 10 heteroatoms. The van der Waals surface area contributed by atoms with Gasteiger partial charge in [0.25, 0.3) is 10.5 Å². The smallest absolute Gasteiger partial charge is 0.347 e. The summed E-state index contributed by atoms with van der Waals surface area (Å²) in [7, 11) is -2.07. The van der Waals surface area contributed by atoms with Crippen molar-refractivity contribution >= 4 is 27.3 Å². The molecule has 0 aliphatic carbocycles. The van der Waals surface area contributed by atoms with Crippen molar-refractivity contribution in [3.05, 3.63) is 70.3 Å². The molecule has 2 heterocycles. The predicted molar refractivity (Wildman–Crippen MR) is 90.9 cm³/mol. The Bertz CT molecular complexity index is 1150. The number of rotatable bonds is 3. The van der Waals surface area contributed by atoms with Crippen molar-refractivity contribution in [3.8, 4) is 5.75 Å². The van der Waals surface area contributed by atoms with Crippen molar-refractivity contribution in [2.45, 2.75) is 0 Å². The van der Waals surface area contributed by atoms with Crippen LogP contribution in [0.5, 0.6) is 5.75 Å². The molecule has 8 nitrogen and oxygen atoms in total. The number of aromatic nitrogens is 1. The van der Waals surface area contributed by atoms with Crippen molar-refractivity contribution in [2.24, 2.45) is 7.05 Å². The van der Waals surface area contributed by atoms with Gasteiger partial charge in [-0.3, -0.25) is 4.79 Å². The van der Waals surface area contributed by atoms with Crippen LogP contribution in [-0.4, -0.2) is 25.9 Å². The molecule has 2 aromatic heterocycles. The fraction of sp³-hybridized carbons (Fsp3) is 0.118. The maximum absolute atomic E-state index is 12.5. The van der Waals surface area contributed by atoms with E-state index in [1.165, 1.54) is 7.11 Å². The Kier molecular flexibility index (Phi) is 6.03. The molecule has 0 atom stereocenters. The highest BCUT2D eigenvalue weighted by Gasteiger charge is 2.18. The summed E-state index contributed by atoms with van der Waals surface area (Å²) < 4.78 is 47.4. The number of carbonyl (C=O) groups excluding carboxylic acids is 1. The normalized spacial score (nSPS) is 10.8. The Morgan fingerprint density at radius 1 is 1.26 bits per heavy atom. The van der Waals surface area contributed by atoms with E-state index in [1.807, 2.05) is 13.2 Å². The van der Waals surface area contributed by atoms with Crippen LogP contribution in [0.15, 0.2) is 58.0 Å². The molecular formula is C17H14FNO7S. The Hall–Kier alpha value is -3.11. The van der Waals surface area contributed by atoms with Crippen molar-refractivity contribution in [1.29, 1.82) is 0 Å². The van der Waals surface area contributed by atoms with Crippen molar-refractivity contribution < 1.29 is 35.4 Å². The van der Waals surface area contributed by atoms with Crippen LogP contribution in [0.25, 0.3) is 11.0 Å². The first kappa shape index (κ1) is 20.2. The van der Waals surface area contributed by atoms with Gasteiger partial charge < -0.3 is 13.7 Å². The van der Waals surface area contributed by atoms with Gasteiger partial charge in [-0.2, -0.15) is 0 Å². The Morgan fingerprint density at radius 2 is 1.93 bits per heavy atom. The number of nitrogens with zero attached hydrogens (tertiary/aromatic N) is 1. The lowest BCUT2D eigenvalue weighted by molar-refractivity contribution is -0.671. The number of methoxy groups -OCH3 is 1. The molecule has 0 unspecified atom stereocenters. The highest BCUT2D eigenvalue weighted by atomic mass is 32.3. The van der Waals surface area contributed by atoms with Gasteiger partial charge in [0.05, 0.1) is 12.7 Å². The van der Waals surface area contributed by atoms with Gasteiger partial charge in [0.15, 0.2) is 12.4 Å². The third-order valence-corrected chi connectivity index (χ3v) is 3.39. The van der Waals surface area contributed by atoms with Crippen molar-refractivity contribution in [3.63, 3.8) is 0 Å². The average Bonchev–Trinajstić information content (AvgIpc) is 2.58. The van der Waals surface area contributed by atoms with E-state index in [-0.39, 0.29) is 11.3 Å². The van der Waals surface area contributed by atoms with E-state index in [0.29, 0.717) is 22.3 Å². The van der Waals surface area contributed by atoms with Crippen LogP contribution in [0.3, 0.4) is 0 Å². The minimum atomic E-state index is -5.42. The van der Waals surface area contributed by atoms with E-state index in [0.717, 1.165) is 0 Å². The summed E-state index contributed by atoms with van der Waals surface area (Å²) in [5.74, 6) is 0.229. The number of benzene rings is 1. The molecule has 1 aromatic carbocycles. The number of ether oxygens (including phenoxy) is 1. The van der Waals surface area contributed by atoms with Gasteiger partial charge in [-0.05, 0) is 24.3 Å². The monoisotopic (exact) mass is 395 g/mol. The van der Waals surface area contributed by atoms with E-state index in [2.05, 4.69) is 0 Å². The van der Waals surface area contributed by atoms with Gasteiger partial charge in [-0.25, -0.2) is 17.8 Å². The largest absolute Gasteiger partial charge is 0.722 e. The third kappa shape index (κ3) is 5.69. The Balaban J connectivity index is 0.000000465. The quantitative estimate of drug-likeness (QED) is 0.215. The molecule has 142 valence electrons.